The molecule has 2 aliphatic heterocycles. The van der Waals surface area contributed by atoms with Gasteiger partial charge in [-0.05, 0) is 37.3 Å². The standard InChI is InChI=1S/C18H22ClN3O2/c1-21-15-6-9-22(11-14(15)20-17(21)24)16(23)18(7-8-18)10-12-4-2-3-5-13(12)19/h2-5,14-15H,6-11H2,1H3,(H,20,24)/t14-,15+/m1/s1. The van der Waals surface area contributed by atoms with Crippen molar-refractivity contribution in [3.8, 4) is 0 Å². The number of carbonyl (C=O) groups excluding carboxylic acids is 2. The zero-order valence-corrected chi connectivity index (χ0v) is 14.6. The number of fused-ring (bicyclic) bond motifs is 1. The van der Waals surface area contributed by atoms with Crippen molar-refractivity contribution in [1.29, 1.82) is 0 Å². The number of hydrogen-bond donors (Lipinski definition) is 1. The van der Waals surface area contributed by atoms with Gasteiger partial charge in [0.05, 0.1) is 17.5 Å². The van der Waals surface area contributed by atoms with E-state index in [4.69, 9.17) is 11.6 Å². The highest BCUT2D eigenvalue weighted by atomic mass is 35.5. The highest BCUT2D eigenvalue weighted by Crippen LogP contribution is 2.51. The quantitative estimate of drug-likeness (QED) is 0.912. The maximum Gasteiger partial charge on any atom is 0.317 e. The lowest BCUT2D eigenvalue weighted by atomic mass is 9.92. The van der Waals surface area contributed by atoms with E-state index in [9.17, 15) is 9.59 Å². The molecule has 3 aliphatic rings. The molecule has 3 fully saturated rings. The summed E-state index contributed by atoms with van der Waals surface area (Å²) in [5, 5.41) is 3.73. The molecule has 24 heavy (non-hydrogen) atoms. The minimum absolute atomic E-state index is 0.0310. The molecule has 0 spiro atoms. The van der Waals surface area contributed by atoms with E-state index in [2.05, 4.69) is 5.32 Å². The zero-order chi connectivity index (χ0) is 16.9. The second kappa shape index (κ2) is 5.66. The van der Waals surface area contributed by atoms with Crippen LogP contribution in [-0.2, 0) is 11.2 Å². The zero-order valence-electron chi connectivity index (χ0n) is 13.8. The van der Waals surface area contributed by atoms with E-state index >= 15 is 0 Å². The molecule has 1 aromatic rings. The van der Waals surface area contributed by atoms with Gasteiger partial charge in [-0.1, -0.05) is 29.8 Å². The van der Waals surface area contributed by atoms with E-state index in [0.29, 0.717) is 13.0 Å². The summed E-state index contributed by atoms with van der Waals surface area (Å²) in [5.74, 6) is 0.227. The van der Waals surface area contributed by atoms with Gasteiger partial charge in [0.2, 0.25) is 5.91 Å². The van der Waals surface area contributed by atoms with Gasteiger partial charge in [0.15, 0.2) is 0 Å². The molecule has 2 saturated heterocycles. The molecule has 0 aromatic heterocycles. The predicted octanol–water partition coefficient (Wildman–Crippen LogP) is 2.29. The number of likely N-dealkylation sites (N-methyl/N-ethyl adjacent to an activating group) is 1. The summed E-state index contributed by atoms with van der Waals surface area (Å²) < 4.78 is 0. The molecule has 4 rings (SSSR count). The van der Waals surface area contributed by atoms with E-state index < -0.39 is 0 Å². The Kier molecular flexibility index (Phi) is 3.71. The maximum absolute atomic E-state index is 13.1. The fourth-order valence-electron chi connectivity index (χ4n) is 4.10. The Morgan fingerprint density at radius 1 is 1.38 bits per heavy atom. The highest BCUT2D eigenvalue weighted by Gasteiger charge is 2.53. The molecule has 3 amide bonds. The first kappa shape index (κ1) is 15.8. The number of likely N-dealkylation sites (tertiary alicyclic amines) is 1. The van der Waals surface area contributed by atoms with Crippen LogP contribution in [0, 0.1) is 5.41 Å². The molecule has 0 bridgehead atoms. The van der Waals surface area contributed by atoms with Gasteiger partial charge in [0.25, 0.3) is 0 Å². The van der Waals surface area contributed by atoms with Crippen LogP contribution in [0.5, 0.6) is 0 Å². The highest BCUT2D eigenvalue weighted by molar-refractivity contribution is 6.31. The predicted molar refractivity (Wildman–Crippen MR) is 91.9 cm³/mol. The molecule has 128 valence electrons. The van der Waals surface area contributed by atoms with Crippen molar-refractivity contribution < 1.29 is 9.59 Å². The van der Waals surface area contributed by atoms with Gasteiger partial charge in [-0.3, -0.25) is 4.79 Å². The fraction of sp³-hybridized carbons (Fsp3) is 0.556. The summed E-state index contributed by atoms with van der Waals surface area (Å²) in [6, 6.07) is 8.00. The van der Waals surface area contributed by atoms with E-state index in [1.54, 1.807) is 4.90 Å². The largest absolute Gasteiger partial charge is 0.340 e. The van der Waals surface area contributed by atoms with E-state index in [-0.39, 0.29) is 29.4 Å². The van der Waals surface area contributed by atoms with Crippen molar-refractivity contribution >= 4 is 23.5 Å². The molecular formula is C18H22ClN3O2. The Bertz CT molecular complexity index is 689. The third-order valence-electron chi connectivity index (χ3n) is 5.78. The molecule has 1 aromatic carbocycles. The molecule has 0 radical (unpaired) electrons. The molecule has 2 heterocycles. The third kappa shape index (κ3) is 2.55. The van der Waals surface area contributed by atoms with Gasteiger partial charge in [0, 0.05) is 25.2 Å². The molecule has 2 atom stereocenters. The molecule has 1 N–H and O–H groups in total. The second-order valence-corrected chi connectivity index (χ2v) is 7.73. The van der Waals surface area contributed by atoms with Crippen LogP contribution in [0.2, 0.25) is 5.02 Å². The number of rotatable bonds is 3. The van der Waals surface area contributed by atoms with Crippen molar-refractivity contribution in [3.63, 3.8) is 0 Å². The summed E-state index contributed by atoms with van der Waals surface area (Å²) >= 11 is 6.28. The van der Waals surface area contributed by atoms with Crippen LogP contribution >= 0.6 is 11.6 Å². The summed E-state index contributed by atoms with van der Waals surface area (Å²) in [4.78, 5) is 28.6. The van der Waals surface area contributed by atoms with Gasteiger partial charge < -0.3 is 15.1 Å². The number of hydrogen-bond acceptors (Lipinski definition) is 2. The minimum Gasteiger partial charge on any atom is -0.340 e. The molecule has 6 heteroatoms. The normalized spacial score (nSPS) is 27.7. The number of urea groups is 1. The van der Waals surface area contributed by atoms with Crippen molar-refractivity contribution in [2.75, 3.05) is 20.1 Å². The number of halogens is 1. The Morgan fingerprint density at radius 2 is 2.12 bits per heavy atom. The molecule has 0 unspecified atom stereocenters. The fourth-order valence-corrected chi connectivity index (χ4v) is 4.30. The number of piperidine rings is 1. The lowest BCUT2D eigenvalue weighted by Crippen LogP contribution is -2.54. The summed E-state index contributed by atoms with van der Waals surface area (Å²) in [5.41, 5.74) is 0.764. The summed E-state index contributed by atoms with van der Waals surface area (Å²) in [6.45, 7) is 1.34. The summed E-state index contributed by atoms with van der Waals surface area (Å²) in [6.07, 6.45) is 3.40. The Balaban J connectivity index is 1.46. The van der Waals surface area contributed by atoms with Crippen LogP contribution in [0.4, 0.5) is 4.79 Å². The molecule has 1 aliphatic carbocycles. The van der Waals surface area contributed by atoms with Crippen LogP contribution in [0.1, 0.15) is 24.8 Å². The van der Waals surface area contributed by atoms with Crippen molar-refractivity contribution in [3.05, 3.63) is 34.9 Å². The molecule has 5 nitrogen and oxygen atoms in total. The van der Waals surface area contributed by atoms with Crippen LogP contribution in [0.3, 0.4) is 0 Å². The SMILES string of the molecule is CN1C(=O)N[C@@H]2CN(C(=O)C3(Cc4ccccc4Cl)CC3)CC[C@@H]21. The summed E-state index contributed by atoms with van der Waals surface area (Å²) in [7, 11) is 1.83. The van der Waals surface area contributed by atoms with Crippen LogP contribution in [0.25, 0.3) is 0 Å². The number of benzene rings is 1. The molecule has 1 saturated carbocycles. The number of carbonyl (C=O) groups is 2. The Labute approximate surface area is 146 Å². The first-order valence-electron chi connectivity index (χ1n) is 8.56. The van der Waals surface area contributed by atoms with Crippen LogP contribution in [-0.4, -0.2) is 54.0 Å². The average Bonchev–Trinajstić information content (AvgIpc) is 3.30. The van der Waals surface area contributed by atoms with Gasteiger partial charge in [0.1, 0.15) is 0 Å². The lowest BCUT2D eigenvalue weighted by Gasteiger charge is -2.37. The average molecular weight is 348 g/mol. The first-order valence-corrected chi connectivity index (χ1v) is 8.94. The van der Waals surface area contributed by atoms with Crippen LogP contribution in [0.15, 0.2) is 24.3 Å². The van der Waals surface area contributed by atoms with E-state index in [1.165, 1.54) is 0 Å². The van der Waals surface area contributed by atoms with Gasteiger partial charge in [-0.25, -0.2) is 4.79 Å². The van der Waals surface area contributed by atoms with Crippen molar-refractivity contribution in [1.82, 2.24) is 15.1 Å². The monoisotopic (exact) mass is 347 g/mol. The van der Waals surface area contributed by atoms with Gasteiger partial charge in [-0.15, -0.1) is 0 Å². The van der Waals surface area contributed by atoms with Crippen LogP contribution < -0.4 is 5.32 Å². The van der Waals surface area contributed by atoms with E-state index in [1.807, 2.05) is 36.2 Å². The van der Waals surface area contributed by atoms with Gasteiger partial charge >= 0.3 is 6.03 Å². The molecular weight excluding hydrogens is 326 g/mol. The van der Waals surface area contributed by atoms with E-state index in [0.717, 1.165) is 36.4 Å². The topological polar surface area (TPSA) is 52.7 Å². The third-order valence-corrected chi connectivity index (χ3v) is 6.15. The Morgan fingerprint density at radius 3 is 2.83 bits per heavy atom. The maximum atomic E-state index is 13.1. The van der Waals surface area contributed by atoms with Gasteiger partial charge in [-0.2, -0.15) is 0 Å². The Hall–Kier alpha value is -1.75. The van der Waals surface area contributed by atoms with Crippen molar-refractivity contribution in [2.45, 2.75) is 37.8 Å². The lowest BCUT2D eigenvalue weighted by molar-refractivity contribution is -0.138. The number of amides is 3. The second-order valence-electron chi connectivity index (χ2n) is 7.32. The minimum atomic E-state index is -0.285. The van der Waals surface area contributed by atoms with Crippen molar-refractivity contribution in [2.24, 2.45) is 5.41 Å². The smallest absolute Gasteiger partial charge is 0.317 e. The number of nitrogens with zero attached hydrogens (tertiary/aromatic N) is 2. The first-order chi connectivity index (χ1) is 11.5. The number of nitrogens with one attached hydrogen (secondary N) is 1.